The van der Waals surface area contributed by atoms with Crippen LogP contribution in [0.3, 0.4) is 0 Å². The van der Waals surface area contributed by atoms with Gasteiger partial charge in [-0.25, -0.2) is 0 Å². The molecule has 0 aliphatic carbocycles. The van der Waals surface area contributed by atoms with Crippen molar-refractivity contribution in [3.8, 4) is 0 Å². The van der Waals surface area contributed by atoms with Crippen LogP contribution in [0.2, 0.25) is 0 Å². The molecule has 0 saturated carbocycles. The fourth-order valence-electron chi connectivity index (χ4n) is 2.02. The van der Waals surface area contributed by atoms with Gasteiger partial charge in [-0.2, -0.15) is 0 Å². The number of esters is 1. The Hall–Kier alpha value is -2.62. The zero-order valence-electron chi connectivity index (χ0n) is 12.8. The minimum Gasteiger partial charge on any atom is -0.455 e. The van der Waals surface area contributed by atoms with Crippen LogP contribution >= 0.6 is 0 Å². The van der Waals surface area contributed by atoms with Gasteiger partial charge in [0.15, 0.2) is 6.61 Å². The third-order valence-electron chi connectivity index (χ3n) is 3.22. The van der Waals surface area contributed by atoms with E-state index >= 15 is 0 Å². The summed E-state index contributed by atoms with van der Waals surface area (Å²) in [4.78, 5) is 23.5. The highest BCUT2D eigenvalue weighted by molar-refractivity contribution is 5.93. The second-order valence-corrected chi connectivity index (χ2v) is 5.19. The van der Waals surface area contributed by atoms with Crippen LogP contribution in [0.4, 0.5) is 5.69 Å². The maximum Gasteiger partial charge on any atom is 0.310 e. The van der Waals surface area contributed by atoms with Crippen LogP contribution in [0.1, 0.15) is 16.7 Å². The lowest BCUT2D eigenvalue weighted by Gasteiger charge is -2.10. The number of hydrogen-bond acceptors (Lipinski definition) is 3. The third-order valence-corrected chi connectivity index (χ3v) is 3.22. The molecule has 0 radical (unpaired) electrons. The summed E-state index contributed by atoms with van der Waals surface area (Å²) in [6, 6.07) is 15.1. The van der Waals surface area contributed by atoms with E-state index in [1.165, 1.54) is 0 Å². The fourth-order valence-corrected chi connectivity index (χ4v) is 2.02. The molecule has 0 fully saturated rings. The largest absolute Gasteiger partial charge is 0.455 e. The van der Waals surface area contributed by atoms with Crippen LogP contribution in [-0.2, 0) is 20.7 Å². The van der Waals surface area contributed by atoms with Gasteiger partial charge in [-0.3, -0.25) is 9.59 Å². The number of aryl methyl sites for hydroxylation is 2. The normalized spacial score (nSPS) is 10.1. The lowest BCUT2D eigenvalue weighted by molar-refractivity contribution is -0.146. The summed E-state index contributed by atoms with van der Waals surface area (Å²) < 4.78 is 5.00. The standard InChI is InChI=1S/C18H19NO3/c1-13-8-9-14(2)16(10-13)19-17(20)12-22-18(21)11-15-6-4-3-5-7-15/h3-10H,11-12H2,1-2H3,(H,19,20). The van der Waals surface area contributed by atoms with Crippen LogP contribution in [0.25, 0.3) is 0 Å². The zero-order valence-corrected chi connectivity index (χ0v) is 12.8. The number of anilines is 1. The number of rotatable bonds is 5. The number of nitrogens with one attached hydrogen (secondary N) is 1. The summed E-state index contributed by atoms with van der Waals surface area (Å²) in [7, 11) is 0. The Morgan fingerprint density at radius 2 is 1.77 bits per heavy atom. The number of carbonyl (C=O) groups excluding carboxylic acids is 2. The highest BCUT2D eigenvalue weighted by Crippen LogP contribution is 2.16. The number of amides is 1. The first-order valence-corrected chi connectivity index (χ1v) is 7.11. The molecule has 0 aromatic heterocycles. The molecule has 0 unspecified atom stereocenters. The quantitative estimate of drug-likeness (QED) is 0.863. The number of ether oxygens (including phenoxy) is 1. The molecule has 1 amide bonds. The van der Waals surface area contributed by atoms with E-state index in [1.54, 1.807) is 0 Å². The van der Waals surface area contributed by atoms with E-state index in [4.69, 9.17) is 4.74 Å². The number of carbonyl (C=O) groups is 2. The van der Waals surface area contributed by atoms with E-state index in [1.807, 2.05) is 62.4 Å². The van der Waals surface area contributed by atoms with Crippen molar-refractivity contribution in [2.24, 2.45) is 0 Å². The molecule has 114 valence electrons. The van der Waals surface area contributed by atoms with E-state index < -0.39 is 5.97 Å². The molecule has 2 aromatic carbocycles. The Morgan fingerprint density at radius 1 is 1.05 bits per heavy atom. The van der Waals surface area contributed by atoms with Gasteiger partial charge in [0.25, 0.3) is 5.91 Å². The van der Waals surface area contributed by atoms with Crippen molar-refractivity contribution < 1.29 is 14.3 Å². The Morgan fingerprint density at radius 3 is 2.50 bits per heavy atom. The topological polar surface area (TPSA) is 55.4 Å². The van der Waals surface area contributed by atoms with Crippen LogP contribution < -0.4 is 5.32 Å². The summed E-state index contributed by atoms with van der Waals surface area (Å²) in [5, 5.41) is 2.75. The smallest absolute Gasteiger partial charge is 0.310 e. The van der Waals surface area contributed by atoms with Crippen molar-refractivity contribution in [3.63, 3.8) is 0 Å². The first-order chi connectivity index (χ1) is 10.5. The molecule has 0 spiro atoms. The van der Waals surface area contributed by atoms with Gasteiger partial charge < -0.3 is 10.1 Å². The molecule has 0 bridgehead atoms. The SMILES string of the molecule is Cc1ccc(C)c(NC(=O)COC(=O)Cc2ccccc2)c1. The van der Waals surface area contributed by atoms with Gasteiger partial charge >= 0.3 is 5.97 Å². The monoisotopic (exact) mass is 297 g/mol. The van der Waals surface area contributed by atoms with E-state index in [0.29, 0.717) is 0 Å². The van der Waals surface area contributed by atoms with Crippen LogP contribution in [0.15, 0.2) is 48.5 Å². The maximum absolute atomic E-state index is 11.8. The van der Waals surface area contributed by atoms with Crippen LogP contribution in [0.5, 0.6) is 0 Å². The molecular formula is C18H19NO3. The Balaban J connectivity index is 1.82. The minimum atomic E-state index is -0.415. The van der Waals surface area contributed by atoms with Gasteiger partial charge in [0.2, 0.25) is 0 Å². The third kappa shape index (κ3) is 4.74. The van der Waals surface area contributed by atoms with E-state index in [0.717, 1.165) is 22.4 Å². The minimum absolute atomic E-state index is 0.164. The molecule has 0 heterocycles. The van der Waals surface area contributed by atoms with Gasteiger partial charge in [-0.15, -0.1) is 0 Å². The van der Waals surface area contributed by atoms with Crippen molar-refractivity contribution in [3.05, 3.63) is 65.2 Å². The first kappa shape index (κ1) is 15.8. The summed E-state index contributed by atoms with van der Waals surface area (Å²) in [5.41, 5.74) is 3.63. The molecule has 22 heavy (non-hydrogen) atoms. The second-order valence-electron chi connectivity index (χ2n) is 5.19. The van der Waals surface area contributed by atoms with E-state index in [2.05, 4.69) is 5.32 Å². The van der Waals surface area contributed by atoms with Gasteiger partial charge in [0.05, 0.1) is 6.42 Å². The average molecular weight is 297 g/mol. The van der Waals surface area contributed by atoms with Crippen LogP contribution in [-0.4, -0.2) is 18.5 Å². The molecule has 0 aliphatic rings. The first-order valence-electron chi connectivity index (χ1n) is 7.11. The molecule has 1 N–H and O–H groups in total. The van der Waals surface area contributed by atoms with Gasteiger partial charge in [0, 0.05) is 5.69 Å². The Labute approximate surface area is 130 Å². The summed E-state index contributed by atoms with van der Waals surface area (Å²) in [6.07, 6.45) is 0.164. The fraction of sp³-hybridized carbons (Fsp3) is 0.222. The van der Waals surface area contributed by atoms with Gasteiger partial charge in [-0.05, 0) is 36.6 Å². The van der Waals surface area contributed by atoms with Gasteiger partial charge in [0.1, 0.15) is 0 Å². The summed E-state index contributed by atoms with van der Waals surface area (Å²) in [5.74, 6) is -0.752. The Bertz CT molecular complexity index is 665. The Kier molecular flexibility index (Phi) is 5.31. The highest BCUT2D eigenvalue weighted by atomic mass is 16.5. The highest BCUT2D eigenvalue weighted by Gasteiger charge is 2.09. The predicted molar refractivity (Wildman–Crippen MR) is 85.7 cm³/mol. The second kappa shape index (κ2) is 7.41. The number of benzene rings is 2. The molecule has 0 atom stereocenters. The maximum atomic E-state index is 11.8. The zero-order chi connectivity index (χ0) is 15.9. The molecule has 2 rings (SSSR count). The lowest BCUT2D eigenvalue weighted by Crippen LogP contribution is -2.22. The summed E-state index contributed by atoms with van der Waals surface area (Å²) >= 11 is 0. The van der Waals surface area contributed by atoms with Crippen molar-refractivity contribution in [1.29, 1.82) is 0 Å². The molecule has 0 aliphatic heterocycles. The number of hydrogen-bond donors (Lipinski definition) is 1. The van der Waals surface area contributed by atoms with Crippen LogP contribution in [0, 0.1) is 13.8 Å². The molecule has 2 aromatic rings. The van der Waals surface area contributed by atoms with Crippen molar-refractivity contribution in [2.45, 2.75) is 20.3 Å². The molecule has 0 saturated heterocycles. The molecule has 4 heteroatoms. The van der Waals surface area contributed by atoms with Gasteiger partial charge in [-0.1, -0.05) is 42.5 Å². The van der Waals surface area contributed by atoms with E-state index in [-0.39, 0.29) is 18.9 Å². The average Bonchev–Trinajstić information content (AvgIpc) is 2.50. The van der Waals surface area contributed by atoms with Crippen molar-refractivity contribution in [1.82, 2.24) is 0 Å². The predicted octanol–water partition coefficient (Wildman–Crippen LogP) is 3.03. The van der Waals surface area contributed by atoms with Crippen molar-refractivity contribution in [2.75, 3.05) is 11.9 Å². The summed E-state index contributed by atoms with van der Waals surface area (Å²) in [6.45, 7) is 3.59. The molecule has 4 nitrogen and oxygen atoms in total. The van der Waals surface area contributed by atoms with Crippen molar-refractivity contribution >= 4 is 17.6 Å². The van der Waals surface area contributed by atoms with E-state index in [9.17, 15) is 9.59 Å². The molecular weight excluding hydrogens is 278 g/mol. The lowest BCUT2D eigenvalue weighted by atomic mass is 10.1.